The summed E-state index contributed by atoms with van der Waals surface area (Å²) in [6.07, 6.45) is 1.80. The largest absolute Gasteiger partial charge is 0.463 e. The average Bonchev–Trinajstić information content (AvgIpc) is 3.18. The van der Waals surface area contributed by atoms with Gasteiger partial charge in [-0.05, 0) is 24.3 Å². The smallest absolute Gasteiger partial charge is 0.369 e. The van der Waals surface area contributed by atoms with Crippen LogP contribution in [0.3, 0.4) is 0 Å². The number of hydrogen-bond acceptors (Lipinski definition) is 7. The summed E-state index contributed by atoms with van der Waals surface area (Å²) in [5, 5.41) is 9.50. The van der Waals surface area contributed by atoms with E-state index in [9.17, 15) is 4.79 Å². The first-order valence-corrected chi connectivity index (χ1v) is 7.45. The van der Waals surface area contributed by atoms with Crippen LogP contribution in [-0.2, 0) is 13.7 Å². The minimum absolute atomic E-state index is 0.130. The first-order valence-electron chi connectivity index (χ1n) is 7.07. The second kappa shape index (κ2) is 5.72. The highest BCUT2D eigenvalue weighted by Crippen LogP contribution is 2.20. The third kappa shape index (κ3) is 2.52. The first-order chi connectivity index (χ1) is 11.0. The normalized spacial score (nSPS) is 11.9. The molecule has 0 aromatic carbocycles. The van der Waals surface area contributed by atoms with Crippen LogP contribution in [0.4, 0.5) is 0 Å². The summed E-state index contributed by atoms with van der Waals surface area (Å²) in [6, 6.07) is 0.130. The van der Waals surface area contributed by atoms with Gasteiger partial charge in [-0.2, -0.15) is 4.68 Å². The van der Waals surface area contributed by atoms with Crippen molar-refractivity contribution in [3.05, 3.63) is 34.1 Å². The Balaban J connectivity index is 1.97. The summed E-state index contributed by atoms with van der Waals surface area (Å²) >= 11 is 1.24. The van der Waals surface area contributed by atoms with E-state index >= 15 is 0 Å². The minimum atomic E-state index is -0.386. The standard InChI is InChI=1S/C12H15N7O2S/c1-8(2)18-7-14-10(19-12(20)17(3)15-16-19)9(18)6-21-11-13-4-5-22-11/h4-5,7-8H,6H2,1-3H3/i4T. The number of aromatic nitrogens is 7. The summed E-state index contributed by atoms with van der Waals surface area (Å²) in [4.78, 5) is 20.3. The molecule has 0 saturated carbocycles. The molecule has 0 aliphatic carbocycles. The van der Waals surface area contributed by atoms with Crippen LogP contribution in [0.2, 0.25) is 0 Å². The summed E-state index contributed by atoms with van der Waals surface area (Å²) < 4.78 is 17.2. The van der Waals surface area contributed by atoms with E-state index in [-0.39, 0.29) is 24.5 Å². The number of aryl methyl sites for hydroxylation is 1. The van der Waals surface area contributed by atoms with E-state index in [1.807, 2.05) is 18.4 Å². The zero-order chi connectivity index (χ0) is 16.6. The number of imidazole rings is 1. The molecule has 0 aliphatic heterocycles. The van der Waals surface area contributed by atoms with Crippen molar-refractivity contribution in [2.75, 3.05) is 0 Å². The Morgan fingerprint density at radius 3 is 2.82 bits per heavy atom. The van der Waals surface area contributed by atoms with Crippen molar-refractivity contribution in [2.45, 2.75) is 26.5 Å². The SMILES string of the molecule is [3H]c1csc(OCc2c(-n3nnn(C)c3=O)ncn2C(C)C)n1. The van der Waals surface area contributed by atoms with E-state index in [1.54, 1.807) is 11.7 Å². The van der Waals surface area contributed by atoms with Gasteiger partial charge >= 0.3 is 5.69 Å². The maximum Gasteiger partial charge on any atom is 0.369 e. The highest BCUT2D eigenvalue weighted by atomic mass is 32.1. The number of rotatable bonds is 5. The molecule has 3 aromatic heterocycles. The molecule has 3 rings (SSSR count). The monoisotopic (exact) mass is 323 g/mol. The van der Waals surface area contributed by atoms with E-state index in [0.717, 1.165) is 9.36 Å². The molecule has 22 heavy (non-hydrogen) atoms. The van der Waals surface area contributed by atoms with Gasteiger partial charge in [0.1, 0.15) is 12.3 Å². The summed E-state index contributed by atoms with van der Waals surface area (Å²) in [5.74, 6) is 0.374. The van der Waals surface area contributed by atoms with Crippen LogP contribution in [0.25, 0.3) is 5.82 Å². The van der Waals surface area contributed by atoms with E-state index in [1.165, 1.54) is 18.4 Å². The lowest BCUT2D eigenvalue weighted by atomic mass is 10.3. The molecule has 0 amide bonds. The third-order valence-electron chi connectivity index (χ3n) is 3.05. The van der Waals surface area contributed by atoms with Crippen molar-refractivity contribution in [1.29, 1.82) is 0 Å². The quantitative estimate of drug-likeness (QED) is 0.689. The van der Waals surface area contributed by atoms with Crippen LogP contribution in [0.1, 0.15) is 27.0 Å². The molecule has 0 spiro atoms. The molecule has 0 atom stereocenters. The molecular weight excluding hydrogens is 306 g/mol. The van der Waals surface area contributed by atoms with E-state index in [2.05, 4.69) is 20.4 Å². The maximum atomic E-state index is 12.1. The van der Waals surface area contributed by atoms with Crippen LogP contribution in [-0.4, -0.2) is 34.3 Å². The van der Waals surface area contributed by atoms with E-state index in [4.69, 9.17) is 6.11 Å². The topological polar surface area (TPSA) is 92.6 Å². The Hall–Kier alpha value is -2.49. The van der Waals surface area contributed by atoms with E-state index in [0.29, 0.717) is 16.7 Å². The van der Waals surface area contributed by atoms with Gasteiger partial charge in [0.15, 0.2) is 5.82 Å². The molecule has 3 heterocycles. The van der Waals surface area contributed by atoms with Gasteiger partial charge in [0, 0.05) is 24.6 Å². The maximum absolute atomic E-state index is 12.1. The number of ether oxygens (including phenoxy) is 1. The number of hydrogen-bond donors (Lipinski definition) is 0. The van der Waals surface area contributed by atoms with Crippen molar-refractivity contribution < 1.29 is 6.11 Å². The van der Waals surface area contributed by atoms with Crippen LogP contribution >= 0.6 is 11.3 Å². The summed E-state index contributed by atoms with van der Waals surface area (Å²) in [6.45, 7) is 4.16. The lowest BCUT2D eigenvalue weighted by molar-refractivity contribution is 0.290. The summed E-state index contributed by atoms with van der Waals surface area (Å²) in [7, 11) is 1.52. The molecule has 0 saturated heterocycles. The Morgan fingerprint density at radius 2 is 2.23 bits per heavy atom. The molecule has 3 aromatic rings. The molecule has 0 radical (unpaired) electrons. The van der Waals surface area contributed by atoms with Crippen molar-refractivity contribution >= 4 is 11.3 Å². The Kier molecular flexibility index (Phi) is 3.43. The highest BCUT2D eigenvalue weighted by molar-refractivity contribution is 7.11. The molecule has 10 heteroatoms. The second-order valence-electron chi connectivity index (χ2n) is 4.84. The molecule has 0 N–H and O–H groups in total. The van der Waals surface area contributed by atoms with Crippen molar-refractivity contribution in [2.24, 2.45) is 7.05 Å². The number of tetrazole rings is 1. The fraction of sp³-hybridized carbons (Fsp3) is 0.417. The van der Waals surface area contributed by atoms with Crippen LogP contribution < -0.4 is 10.4 Å². The zero-order valence-corrected chi connectivity index (χ0v) is 13.1. The van der Waals surface area contributed by atoms with Gasteiger partial charge in [0.05, 0.1) is 7.70 Å². The molecule has 0 unspecified atom stereocenters. The molecule has 0 aliphatic rings. The molecule has 116 valence electrons. The fourth-order valence-electron chi connectivity index (χ4n) is 1.96. The van der Waals surface area contributed by atoms with Crippen LogP contribution in [0.15, 0.2) is 22.7 Å². The average molecular weight is 323 g/mol. The third-order valence-corrected chi connectivity index (χ3v) is 3.69. The van der Waals surface area contributed by atoms with Gasteiger partial charge in [0.2, 0.25) is 0 Å². The molecule has 9 nitrogen and oxygen atoms in total. The number of nitrogens with zero attached hydrogens (tertiary/aromatic N) is 7. The Bertz CT molecular complexity index is 878. The fourth-order valence-corrected chi connectivity index (χ4v) is 2.40. The molecule has 0 fully saturated rings. The van der Waals surface area contributed by atoms with Gasteiger partial charge in [-0.15, -0.1) is 4.68 Å². The molecule has 0 bridgehead atoms. The molecular formula is C12H15N7O2S. The van der Waals surface area contributed by atoms with Crippen molar-refractivity contribution in [3.63, 3.8) is 0 Å². The predicted octanol–water partition coefficient (Wildman–Crippen LogP) is 0.779. The van der Waals surface area contributed by atoms with Gasteiger partial charge in [-0.1, -0.05) is 11.3 Å². The van der Waals surface area contributed by atoms with Gasteiger partial charge in [0.25, 0.3) is 5.19 Å². The van der Waals surface area contributed by atoms with Crippen LogP contribution in [0, 0.1) is 0 Å². The predicted molar refractivity (Wildman–Crippen MR) is 79.2 cm³/mol. The zero-order valence-electron chi connectivity index (χ0n) is 13.3. The lowest BCUT2D eigenvalue weighted by Gasteiger charge is -2.12. The number of thiazole rings is 1. The lowest BCUT2D eigenvalue weighted by Crippen LogP contribution is -2.23. The first kappa shape index (κ1) is 13.2. The summed E-state index contributed by atoms with van der Waals surface area (Å²) in [5.41, 5.74) is 0.298. The van der Waals surface area contributed by atoms with E-state index < -0.39 is 0 Å². The Labute approximate surface area is 131 Å². The highest BCUT2D eigenvalue weighted by Gasteiger charge is 2.19. The van der Waals surface area contributed by atoms with Gasteiger partial charge in [-0.3, -0.25) is 0 Å². The van der Waals surface area contributed by atoms with Crippen molar-refractivity contribution in [3.8, 4) is 11.0 Å². The minimum Gasteiger partial charge on any atom is -0.463 e. The Morgan fingerprint density at radius 1 is 1.41 bits per heavy atom. The van der Waals surface area contributed by atoms with Crippen LogP contribution in [0.5, 0.6) is 5.19 Å². The van der Waals surface area contributed by atoms with Gasteiger partial charge in [-0.25, -0.2) is 14.8 Å². The van der Waals surface area contributed by atoms with Gasteiger partial charge < -0.3 is 9.30 Å². The second-order valence-corrected chi connectivity index (χ2v) is 5.66. The van der Waals surface area contributed by atoms with Crippen molar-refractivity contribution in [1.82, 2.24) is 34.3 Å².